The minimum absolute atomic E-state index is 0.348. The lowest BCUT2D eigenvalue weighted by Gasteiger charge is -2.11. The average molecular weight is 187 g/mol. The van der Waals surface area contributed by atoms with Crippen molar-refractivity contribution < 1.29 is 5.11 Å². The fourth-order valence-corrected chi connectivity index (χ4v) is 2.00. The average Bonchev–Trinajstić information content (AvgIpc) is 2.57. The number of benzene rings is 1. The Kier molecular flexibility index (Phi) is 2.43. The Bertz CT molecular complexity index is 378. The van der Waals surface area contributed by atoms with Gasteiger partial charge in [-0.3, -0.25) is 5.32 Å². The molecule has 2 nitrogen and oxygen atoms in total. The van der Waals surface area contributed by atoms with E-state index in [0.29, 0.717) is 18.3 Å². The number of phenols is 1. The van der Waals surface area contributed by atoms with Gasteiger partial charge in [-0.15, -0.1) is 6.42 Å². The van der Waals surface area contributed by atoms with Gasteiger partial charge in [0.2, 0.25) is 0 Å². The van der Waals surface area contributed by atoms with Crippen LogP contribution in [0.3, 0.4) is 0 Å². The maximum Gasteiger partial charge on any atom is 0.115 e. The zero-order valence-electron chi connectivity index (χ0n) is 7.96. The molecule has 0 radical (unpaired) electrons. The first-order valence-corrected chi connectivity index (χ1v) is 4.80. The Hall–Kier alpha value is -1.46. The van der Waals surface area contributed by atoms with Gasteiger partial charge in [0.05, 0.1) is 6.54 Å². The monoisotopic (exact) mass is 187 g/mol. The molecule has 1 aliphatic carbocycles. The minimum atomic E-state index is 0.348. The van der Waals surface area contributed by atoms with E-state index in [2.05, 4.69) is 11.2 Å². The molecule has 0 spiro atoms. The van der Waals surface area contributed by atoms with Crippen LogP contribution in [0, 0.1) is 12.3 Å². The molecule has 0 amide bonds. The highest BCUT2D eigenvalue weighted by Gasteiger charge is 2.21. The van der Waals surface area contributed by atoms with Crippen LogP contribution in [0.1, 0.15) is 23.6 Å². The summed E-state index contributed by atoms with van der Waals surface area (Å²) in [7, 11) is 0. The van der Waals surface area contributed by atoms with Crippen LogP contribution in [-0.2, 0) is 6.42 Å². The minimum Gasteiger partial charge on any atom is -0.508 e. The van der Waals surface area contributed by atoms with Gasteiger partial charge < -0.3 is 5.11 Å². The van der Waals surface area contributed by atoms with Crippen LogP contribution in [-0.4, -0.2) is 11.7 Å². The number of nitrogens with one attached hydrogen (secondary N) is 1. The Labute approximate surface area is 84.0 Å². The van der Waals surface area contributed by atoms with Crippen molar-refractivity contribution in [1.82, 2.24) is 5.32 Å². The summed E-state index contributed by atoms with van der Waals surface area (Å²) in [6, 6.07) is 5.91. The van der Waals surface area contributed by atoms with E-state index >= 15 is 0 Å². The maximum atomic E-state index is 9.31. The van der Waals surface area contributed by atoms with E-state index in [1.54, 1.807) is 6.07 Å². The van der Waals surface area contributed by atoms with Crippen LogP contribution in [0.4, 0.5) is 0 Å². The van der Waals surface area contributed by atoms with Gasteiger partial charge in [-0.25, -0.2) is 0 Å². The van der Waals surface area contributed by atoms with Gasteiger partial charge in [0.1, 0.15) is 5.75 Å². The third-order valence-electron chi connectivity index (χ3n) is 2.65. The molecule has 0 fully saturated rings. The molecule has 0 bridgehead atoms. The van der Waals surface area contributed by atoms with E-state index < -0.39 is 0 Å². The van der Waals surface area contributed by atoms with Crippen LogP contribution >= 0.6 is 0 Å². The molecular weight excluding hydrogens is 174 g/mol. The Morgan fingerprint density at radius 1 is 1.57 bits per heavy atom. The molecule has 2 heteroatoms. The summed E-state index contributed by atoms with van der Waals surface area (Å²) in [5, 5.41) is 12.6. The van der Waals surface area contributed by atoms with Crippen LogP contribution in [0.2, 0.25) is 0 Å². The molecule has 1 aliphatic rings. The molecule has 0 aliphatic heterocycles. The lowest BCUT2D eigenvalue weighted by atomic mass is 10.1. The second kappa shape index (κ2) is 3.73. The van der Waals surface area contributed by atoms with Crippen molar-refractivity contribution in [3.8, 4) is 18.1 Å². The van der Waals surface area contributed by atoms with Crippen molar-refractivity contribution in [2.24, 2.45) is 0 Å². The third-order valence-corrected chi connectivity index (χ3v) is 2.65. The quantitative estimate of drug-likeness (QED) is 0.689. The number of hydrogen-bond acceptors (Lipinski definition) is 2. The van der Waals surface area contributed by atoms with Gasteiger partial charge in [0.15, 0.2) is 0 Å². The Morgan fingerprint density at radius 2 is 2.43 bits per heavy atom. The van der Waals surface area contributed by atoms with Crippen molar-refractivity contribution in [3.63, 3.8) is 0 Å². The number of fused-ring (bicyclic) bond motifs is 1. The number of aromatic hydroxyl groups is 1. The summed E-state index contributed by atoms with van der Waals surface area (Å²) >= 11 is 0. The van der Waals surface area contributed by atoms with Crippen molar-refractivity contribution in [1.29, 1.82) is 0 Å². The van der Waals surface area contributed by atoms with Gasteiger partial charge in [-0.1, -0.05) is 12.0 Å². The van der Waals surface area contributed by atoms with Gasteiger partial charge in [-0.2, -0.15) is 0 Å². The molecule has 2 N–H and O–H groups in total. The van der Waals surface area contributed by atoms with Crippen LogP contribution in [0.15, 0.2) is 18.2 Å². The third kappa shape index (κ3) is 1.59. The predicted octanol–water partition coefficient (Wildman–Crippen LogP) is 1.60. The summed E-state index contributed by atoms with van der Waals surface area (Å²) in [6.45, 7) is 0.602. The molecule has 0 heterocycles. The van der Waals surface area contributed by atoms with Crippen LogP contribution < -0.4 is 5.32 Å². The molecule has 1 atom stereocenters. The molecule has 0 saturated carbocycles. The molecule has 72 valence electrons. The lowest BCUT2D eigenvalue weighted by Crippen LogP contribution is -2.19. The summed E-state index contributed by atoms with van der Waals surface area (Å²) in [6.07, 6.45) is 7.29. The summed E-state index contributed by atoms with van der Waals surface area (Å²) in [5.41, 5.74) is 2.51. The highest BCUT2D eigenvalue weighted by molar-refractivity contribution is 5.40. The fraction of sp³-hybridized carbons (Fsp3) is 0.333. The summed E-state index contributed by atoms with van der Waals surface area (Å²) in [5.74, 6) is 2.92. The van der Waals surface area contributed by atoms with E-state index in [4.69, 9.17) is 6.42 Å². The highest BCUT2D eigenvalue weighted by atomic mass is 16.3. The van der Waals surface area contributed by atoms with E-state index in [1.807, 2.05) is 12.1 Å². The van der Waals surface area contributed by atoms with E-state index in [1.165, 1.54) is 11.1 Å². The smallest absolute Gasteiger partial charge is 0.115 e. The molecular formula is C12H13NO. The first-order chi connectivity index (χ1) is 6.81. The van der Waals surface area contributed by atoms with Crippen molar-refractivity contribution in [2.45, 2.75) is 18.9 Å². The molecule has 1 aromatic rings. The number of hydrogen-bond donors (Lipinski definition) is 2. The SMILES string of the molecule is C#CCNC1CCc2cc(O)ccc21. The normalized spacial score (nSPS) is 18.9. The van der Waals surface area contributed by atoms with Crippen LogP contribution in [0.5, 0.6) is 5.75 Å². The van der Waals surface area contributed by atoms with Crippen LogP contribution in [0.25, 0.3) is 0 Å². The van der Waals surface area contributed by atoms with Gasteiger partial charge in [0.25, 0.3) is 0 Å². The van der Waals surface area contributed by atoms with Gasteiger partial charge in [0, 0.05) is 6.04 Å². The molecule has 2 rings (SSSR count). The van der Waals surface area contributed by atoms with Gasteiger partial charge in [-0.05, 0) is 36.1 Å². The van der Waals surface area contributed by atoms with E-state index in [9.17, 15) is 5.11 Å². The number of rotatable bonds is 2. The zero-order chi connectivity index (χ0) is 9.97. The summed E-state index contributed by atoms with van der Waals surface area (Å²) in [4.78, 5) is 0. The molecule has 1 unspecified atom stereocenters. The first kappa shape index (κ1) is 9.11. The highest BCUT2D eigenvalue weighted by Crippen LogP contribution is 2.32. The second-order valence-electron chi connectivity index (χ2n) is 3.56. The first-order valence-electron chi connectivity index (χ1n) is 4.80. The molecule has 0 aromatic heterocycles. The lowest BCUT2D eigenvalue weighted by molar-refractivity contribution is 0.474. The van der Waals surface area contributed by atoms with E-state index in [-0.39, 0.29) is 0 Å². The second-order valence-corrected chi connectivity index (χ2v) is 3.56. The molecule has 0 saturated heterocycles. The standard InChI is InChI=1S/C12H13NO/c1-2-7-13-12-6-3-9-8-10(14)4-5-11(9)12/h1,4-5,8,12-14H,3,6-7H2. The maximum absolute atomic E-state index is 9.31. The van der Waals surface area contributed by atoms with Crippen molar-refractivity contribution >= 4 is 0 Å². The summed E-state index contributed by atoms with van der Waals surface area (Å²) < 4.78 is 0. The molecule has 14 heavy (non-hydrogen) atoms. The van der Waals surface area contributed by atoms with Crippen molar-refractivity contribution in [2.75, 3.05) is 6.54 Å². The fourth-order valence-electron chi connectivity index (χ4n) is 2.00. The zero-order valence-corrected chi connectivity index (χ0v) is 7.96. The Balaban J connectivity index is 2.19. The van der Waals surface area contributed by atoms with Gasteiger partial charge >= 0.3 is 0 Å². The predicted molar refractivity (Wildman–Crippen MR) is 56.0 cm³/mol. The topological polar surface area (TPSA) is 32.3 Å². The number of terminal acetylenes is 1. The largest absolute Gasteiger partial charge is 0.508 e. The number of phenolic OH excluding ortho intramolecular Hbond substituents is 1. The molecule has 1 aromatic carbocycles. The number of aryl methyl sites for hydroxylation is 1. The van der Waals surface area contributed by atoms with E-state index in [0.717, 1.165) is 12.8 Å². The Morgan fingerprint density at radius 3 is 3.21 bits per heavy atom. The van der Waals surface area contributed by atoms with Crippen molar-refractivity contribution in [3.05, 3.63) is 29.3 Å².